The molecule has 1 heterocycles. The molecule has 4 nitrogen and oxygen atoms in total. The summed E-state index contributed by atoms with van der Waals surface area (Å²) in [6.07, 6.45) is 1.50. The lowest BCUT2D eigenvalue weighted by Crippen LogP contribution is -2.09. The fraction of sp³-hybridized carbons (Fsp3) is 0.444. The molecule has 5 heteroatoms. The van der Waals surface area contributed by atoms with Gasteiger partial charge in [-0.2, -0.15) is 10.5 Å². The van der Waals surface area contributed by atoms with Crippen LogP contribution < -0.4 is 0 Å². The molecule has 1 unspecified atom stereocenters. The highest BCUT2D eigenvalue weighted by molar-refractivity contribution is 6.18. The summed E-state index contributed by atoms with van der Waals surface area (Å²) >= 11 is 5.66. The number of nitriles is 2. The molecule has 72 valence electrons. The average molecular weight is 209 g/mol. The third-order valence-corrected chi connectivity index (χ3v) is 2.35. The number of nitrogens with zero attached hydrogens (tertiary/aromatic N) is 4. The van der Waals surface area contributed by atoms with Crippen molar-refractivity contribution in [2.24, 2.45) is 5.92 Å². The first kappa shape index (κ1) is 10.6. The summed E-state index contributed by atoms with van der Waals surface area (Å²) < 4.78 is 1.66. The van der Waals surface area contributed by atoms with Gasteiger partial charge in [0.05, 0.1) is 6.33 Å². The standard InChI is InChI=1S/C9H9ClN4/c1-7(2-10)5-14-6-13-8(3-11)9(14)4-12/h6-7H,2,5H2,1H3. The normalized spacial score (nSPS) is 11.7. The molecule has 0 aliphatic rings. The fourth-order valence-electron chi connectivity index (χ4n) is 1.10. The van der Waals surface area contributed by atoms with Crippen LogP contribution in [-0.4, -0.2) is 15.4 Å². The second-order valence-corrected chi connectivity index (χ2v) is 3.39. The van der Waals surface area contributed by atoms with E-state index in [0.717, 1.165) is 0 Å². The van der Waals surface area contributed by atoms with Crippen molar-refractivity contribution in [2.75, 3.05) is 5.88 Å². The molecular formula is C9H9ClN4. The van der Waals surface area contributed by atoms with E-state index in [1.54, 1.807) is 4.57 Å². The van der Waals surface area contributed by atoms with Crippen LogP contribution >= 0.6 is 11.6 Å². The predicted octanol–water partition coefficient (Wildman–Crippen LogP) is 1.50. The second kappa shape index (κ2) is 4.64. The molecule has 0 radical (unpaired) electrons. The first-order valence-electron chi connectivity index (χ1n) is 4.14. The van der Waals surface area contributed by atoms with E-state index in [2.05, 4.69) is 4.98 Å². The molecule has 0 fully saturated rings. The van der Waals surface area contributed by atoms with Gasteiger partial charge < -0.3 is 4.57 Å². The second-order valence-electron chi connectivity index (χ2n) is 3.08. The summed E-state index contributed by atoms with van der Waals surface area (Å²) in [6, 6.07) is 3.83. The van der Waals surface area contributed by atoms with Crippen LogP contribution in [0.3, 0.4) is 0 Å². The minimum atomic E-state index is 0.175. The number of alkyl halides is 1. The van der Waals surface area contributed by atoms with Crippen molar-refractivity contribution >= 4 is 11.6 Å². The summed E-state index contributed by atoms with van der Waals surface area (Å²) in [6.45, 7) is 2.58. The smallest absolute Gasteiger partial charge is 0.176 e. The quantitative estimate of drug-likeness (QED) is 0.707. The topological polar surface area (TPSA) is 65.4 Å². The molecule has 0 N–H and O–H groups in total. The van der Waals surface area contributed by atoms with Crippen molar-refractivity contribution < 1.29 is 0 Å². The molecule has 1 aromatic heterocycles. The van der Waals surface area contributed by atoms with Crippen molar-refractivity contribution in [3.8, 4) is 12.1 Å². The molecule has 0 saturated carbocycles. The van der Waals surface area contributed by atoms with E-state index in [4.69, 9.17) is 22.1 Å². The third-order valence-electron chi connectivity index (χ3n) is 1.82. The maximum absolute atomic E-state index is 8.81. The van der Waals surface area contributed by atoms with E-state index in [0.29, 0.717) is 18.1 Å². The first-order valence-corrected chi connectivity index (χ1v) is 4.67. The van der Waals surface area contributed by atoms with E-state index < -0.39 is 0 Å². The molecule has 1 rings (SSSR count). The van der Waals surface area contributed by atoms with Gasteiger partial charge in [-0.1, -0.05) is 6.92 Å². The molecule has 14 heavy (non-hydrogen) atoms. The number of hydrogen-bond acceptors (Lipinski definition) is 3. The van der Waals surface area contributed by atoms with Crippen molar-refractivity contribution in [3.05, 3.63) is 17.7 Å². The maximum Gasteiger partial charge on any atom is 0.176 e. The lowest BCUT2D eigenvalue weighted by molar-refractivity contribution is 0.524. The number of hydrogen-bond donors (Lipinski definition) is 0. The van der Waals surface area contributed by atoms with Gasteiger partial charge >= 0.3 is 0 Å². The molecule has 1 atom stereocenters. The van der Waals surface area contributed by atoms with Crippen molar-refractivity contribution in [3.63, 3.8) is 0 Å². The average Bonchev–Trinajstić information content (AvgIpc) is 2.59. The highest BCUT2D eigenvalue weighted by atomic mass is 35.5. The van der Waals surface area contributed by atoms with E-state index >= 15 is 0 Å². The van der Waals surface area contributed by atoms with Gasteiger partial charge in [0.1, 0.15) is 12.1 Å². The highest BCUT2D eigenvalue weighted by Crippen LogP contribution is 2.09. The van der Waals surface area contributed by atoms with Gasteiger partial charge in [0.2, 0.25) is 0 Å². The summed E-state index contributed by atoms with van der Waals surface area (Å²) in [5, 5.41) is 17.5. The van der Waals surface area contributed by atoms with E-state index in [9.17, 15) is 0 Å². The molecule has 0 spiro atoms. The first-order chi connectivity index (χ1) is 6.72. The summed E-state index contributed by atoms with van der Waals surface area (Å²) in [7, 11) is 0. The van der Waals surface area contributed by atoms with Gasteiger partial charge in [-0.05, 0) is 5.92 Å². The number of rotatable bonds is 3. The molecule has 0 bridgehead atoms. The number of aromatic nitrogens is 2. The Balaban J connectivity index is 2.95. The van der Waals surface area contributed by atoms with Crippen LogP contribution in [0, 0.1) is 28.6 Å². The van der Waals surface area contributed by atoms with Crippen molar-refractivity contribution in [1.29, 1.82) is 10.5 Å². The van der Waals surface area contributed by atoms with Crippen LogP contribution in [0.5, 0.6) is 0 Å². The highest BCUT2D eigenvalue weighted by Gasteiger charge is 2.11. The SMILES string of the molecule is CC(CCl)Cn1cnc(C#N)c1C#N. The van der Waals surface area contributed by atoms with Gasteiger partial charge in [0, 0.05) is 12.4 Å². The number of imidazole rings is 1. The maximum atomic E-state index is 8.81. The monoisotopic (exact) mass is 208 g/mol. The van der Waals surface area contributed by atoms with E-state index in [-0.39, 0.29) is 11.6 Å². The van der Waals surface area contributed by atoms with Gasteiger partial charge in [-0.3, -0.25) is 0 Å². The van der Waals surface area contributed by atoms with Crippen molar-refractivity contribution in [2.45, 2.75) is 13.5 Å². The largest absolute Gasteiger partial charge is 0.321 e. The van der Waals surface area contributed by atoms with Gasteiger partial charge in [0.25, 0.3) is 0 Å². The van der Waals surface area contributed by atoms with E-state index in [1.165, 1.54) is 6.33 Å². The Morgan fingerprint density at radius 2 is 2.29 bits per heavy atom. The van der Waals surface area contributed by atoms with Crippen LogP contribution in [0.25, 0.3) is 0 Å². The Morgan fingerprint density at radius 1 is 1.57 bits per heavy atom. The zero-order valence-electron chi connectivity index (χ0n) is 7.74. The molecule has 0 aliphatic carbocycles. The van der Waals surface area contributed by atoms with Gasteiger partial charge in [0.15, 0.2) is 11.4 Å². The Bertz CT molecular complexity index is 396. The van der Waals surface area contributed by atoms with Crippen LogP contribution in [0.2, 0.25) is 0 Å². The zero-order valence-corrected chi connectivity index (χ0v) is 8.49. The molecule has 0 aromatic carbocycles. The number of halogens is 1. The molecule has 0 saturated heterocycles. The minimum Gasteiger partial charge on any atom is -0.321 e. The van der Waals surface area contributed by atoms with Gasteiger partial charge in [-0.15, -0.1) is 11.6 Å². The Kier molecular flexibility index (Phi) is 3.50. The van der Waals surface area contributed by atoms with Crippen LogP contribution in [0.1, 0.15) is 18.3 Å². The summed E-state index contributed by atoms with van der Waals surface area (Å²) in [5.41, 5.74) is 0.485. The van der Waals surface area contributed by atoms with E-state index in [1.807, 2.05) is 19.1 Å². The fourth-order valence-corrected chi connectivity index (χ4v) is 1.20. The molecule has 0 aliphatic heterocycles. The minimum absolute atomic E-state index is 0.175. The third kappa shape index (κ3) is 2.04. The Hall–Kier alpha value is -1.52. The Morgan fingerprint density at radius 3 is 2.79 bits per heavy atom. The molecular weight excluding hydrogens is 200 g/mol. The predicted molar refractivity (Wildman–Crippen MR) is 51.5 cm³/mol. The molecule has 1 aromatic rings. The van der Waals surface area contributed by atoms with Crippen molar-refractivity contribution in [1.82, 2.24) is 9.55 Å². The van der Waals surface area contributed by atoms with Gasteiger partial charge in [-0.25, -0.2) is 4.98 Å². The van der Waals surface area contributed by atoms with Crippen LogP contribution in [0.15, 0.2) is 6.33 Å². The zero-order chi connectivity index (χ0) is 10.6. The summed E-state index contributed by atoms with van der Waals surface area (Å²) in [5.74, 6) is 0.773. The Labute approximate surface area is 87.3 Å². The van der Waals surface area contributed by atoms with Crippen LogP contribution in [-0.2, 0) is 6.54 Å². The lowest BCUT2D eigenvalue weighted by Gasteiger charge is -2.08. The lowest BCUT2D eigenvalue weighted by atomic mass is 10.2. The van der Waals surface area contributed by atoms with Crippen LogP contribution in [0.4, 0.5) is 0 Å². The molecule has 0 amide bonds. The summed E-state index contributed by atoms with van der Waals surface area (Å²) in [4.78, 5) is 3.83.